The molecule has 1 rings (SSSR count). The fourth-order valence-corrected chi connectivity index (χ4v) is 1.91. The van der Waals surface area contributed by atoms with Gasteiger partial charge in [0.15, 0.2) is 0 Å². The maximum Gasteiger partial charge on any atom is 0.141 e. The highest BCUT2D eigenvalue weighted by Crippen LogP contribution is 2.16. The molecule has 0 aliphatic carbocycles. The Morgan fingerprint density at radius 1 is 1.38 bits per heavy atom. The highest BCUT2D eigenvalue weighted by Gasteiger charge is 2.05. The number of nitrogens with one attached hydrogen (secondary N) is 1. The van der Waals surface area contributed by atoms with Crippen LogP contribution in [0, 0.1) is 5.82 Å². The SMILES string of the molecule is CCCC(CC)NCc1ccc(F)c(Cl)c1. The van der Waals surface area contributed by atoms with E-state index in [2.05, 4.69) is 19.2 Å². The lowest BCUT2D eigenvalue weighted by molar-refractivity contribution is 0.462. The van der Waals surface area contributed by atoms with Gasteiger partial charge in [-0.15, -0.1) is 0 Å². The molecule has 0 amide bonds. The average Bonchev–Trinajstić information content (AvgIpc) is 2.28. The van der Waals surface area contributed by atoms with E-state index in [0.717, 1.165) is 18.5 Å². The molecule has 1 aromatic carbocycles. The van der Waals surface area contributed by atoms with Gasteiger partial charge in [-0.05, 0) is 30.5 Å². The molecule has 16 heavy (non-hydrogen) atoms. The molecular formula is C13H19ClFN. The highest BCUT2D eigenvalue weighted by atomic mass is 35.5. The van der Waals surface area contributed by atoms with Gasteiger partial charge in [0.2, 0.25) is 0 Å². The van der Waals surface area contributed by atoms with Crippen LogP contribution >= 0.6 is 11.6 Å². The van der Waals surface area contributed by atoms with Crippen LogP contribution in [-0.2, 0) is 6.54 Å². The molecule has 0 aliphatic rings. The van der Waals surface area contributed by atoms with Crippen LogP contribution < -0.4 is 5.32 Å². The van der Waals surface area contributed by atoms with Crippen LogP contribution in [0.3, 0.4) is 0 Å². The molecule has 0 aliphatic heterocycles. The van der Waals surface area contributed by atoms with Crippen molar-refractivity contribution in [2.24, 2.45) is 0 Å². The second kappa shape index (κ2) is 6.87. The number of benzene rings is 1. The van der Waals surface area contributed by atoms with Crippen molar-refractivity contribution in [2.45, 2.75) is 45.7 Å². The Hall–Kier alpha value is -0.600. The van der Waals surface area contributed by atoms with Crippen LogP contribution in [-0.4, -0.2) is 6.04 Å². The van der Waals surface area contributed by atoms with Crippen molar-refractivity contribution in [1.29, 1.82) is 0 Å². The maximum atomic E-state index is 12.9. The van der Waals surface area contributed by atoms with E-state index in [4.69, 9.17) is 11.6 Å². The molecule has 1 aromatic rings. The van der Waals surface area contributed by atoms with Crippen molar-refractivity contribution in [3.05, 3.63) is 34.6 Å². The molecule has 1 unspecified atom stereocenters. The molecule has 0 radical (unpaired) electrons. The van der Waals surface area contributed by atoms with Crippen molar-refractivity contribution in [2.75, 3.05) is 0 Å². The molecule has 1 N–H and O–H groups in total. The van der Waals surface area contributed by atoms with Gasteiger partial charge in [0.1, 0.15) is 5.82 Å². The molecule has 0 aromatic heterocycles. The Kier molecular flexibility index (Phi) is 5.78. The van der Waals surface area contributed by atoms with E-state index in [0.29, 0.717) is 6.04 Å². The van der Waals surface area contributed by atoms with Crippen LogP contribution in [0.1, 0.15) is 38.7 Å². The van der Waals surface area contributed by atoms with Gasteiger partial charge in [0.05, 0.1) is 5.02 Å². The van der Waals surface area contributed by atoms with Crippen molar-refractivity contribution < 1.29 is 4.39 Å². The van der Waals surface area contributed by atoms with Gasteiger partial charge in [-0.25, -0.2) is 4.39 Å². The van der Waals surface area contributed by atoms with Gasteiger partial charge in [-0.3, -0.25) is 0 Å². The minimum Gasteiger partial charge on any atom is -0.310 e. The summed E-state index contributed by atoms with van der Waals surface area (Å²) in [5.74, 6) is -0.356. The maximum absolute atomic E-state index is 12.9. The number of halogens is 2. The Balaban J connectivity index is 2.50. The van der Waals surface area contributed by atoms with E-state index in [-0.39, 0.29) is 10.8 Å². The number of rotatable bonds is 6. The Labute approximate surface area is 102 Å². The minimum absolute atomic E-state index is 0.197. The summed E-state index contributed by atoms with van der Waals surface area (Å²) in [5, 5.41) is 3.65. The van der Waals surface area contributed by atoms with E-state index in [1.165, 1.54) is 18.9 Å². The highest BCUT2D eigenvalue weighted by molar-refractivity contribution is 6.30. The van der Waals surface area contributed by atoms with Crippen molar-refractivity contribution >= 4 is 11.6 Å². The summed E-state index contributed by atoms with van der Waals surface area (Å²) in [5.41, 5.74) is 1.03. The summed E-state index contributed by atoms with van der Waals surface area (Å²) in [6.07, 6.45) is 3.46. The number of hydrogen-bond donors (Lipinski definition) is 1. The standard InChI is InChI=1S/C13H19ClFN/c1-3-5-11(4-2)16-9-10-6-7-13(15)12(14)8-10/h6-8,11,16H,3-5,9H2,1-2H3. The topological polar surface area (TPSA) is 12.0 Å². The second-order valence-corrected chi connectivity index (χ2v) is 4.43. The summed E-state index contributed by atoms with van der Waals surface area (Å²) in [6.45, 7) is 5.10. The summed E-state index contributed by atoms with van der Waals surface area (Å²) in [4.78, 5) is 0. The van der Waals surface area contributed by atoms with Gasteiger partial charge < -0.3 is 5.32 Å². The Morgan fingerprint density at radius 2 is 2.12 bits per heavy atom. The molecule has 0 fully saturated rings. The van der Waals surface area contributed by atoms with Gasteiger partial charge in [-0.2, -0.15) is 0 Å². The van der Waals surface area contributed by atoms with Crippen LogP contribution in [0.2, 0.25) is 5.02 Å². The van der Waals surface area contributed by atoms with Crippen molar-refractivity contribution in [3.8, 4) is 0 Å². The first-order valence-corrected chi connectivity index (χ1v) is 6.22. The van der Waals surface area contributed by atoms with E-state index in [1.807, 2.05) is 0 Å². The fraction of sp³-hybridized carbons (Fsp3) is 0.538. The number of hydrogen-bond acceptors (Lipinski definition) is 1. The molecule has 1 atom stereocenters. The molecule has 0 bridgehead atoms. The van der Waals surface area contributed by atoms with Crippen LogP contribution in [0.15, 0.2) is 18.2 Å². The first-order chi connectivity index (χ1) is 7.67. The second-order valence-electron chi connectivity index (χ2n) is 4.02. The molecular weight excluding hydrogens is 225 g/mol. The third-order valence-electron chi connectivity index (χ3n) is 2.71. The Bertz CT molecular complexity index is 328. The van der Waals surface area contributed by atoms with E-state index in [1.54, 1.807) is 12.1 Å². The molecule has 90 valence electrons. The smallest absolute Gasteiger partial charge is 0.141 e. The summed E-state index contributed by atoms with van der Waals surface area (Å²) >= 11 is 5.72. The van der Waals surface area contributed by atoms with Crippen LogP contribution in [0.25, 0.3) is 0 Å². The molecule has 0 saturated carbocycles. The zero-order chi connectivity index (χ0) is 12.0. The Morgan fingerprint density at radius 3 is 2.69 bits per heavy atom. The molecule has 0 spiro atoms. The van der Waals surface area contributed by atoms with Gasteiger partial charge >= 0.3 is 0 Å². The quantitative estimate of drug-likeness (QED) is 0.792. The van der Waals surface area contributed by atoms with Crippen LogP contribution in [0.5, 0.6) is 0 Å². The zero-order valence-electron chi connectivity index (χ0n) is 9.89. The largest absolute Gasteiger partial charge is 0.310 e. The first kappa shape index (κ1) is 13.5. The van der Waals surface area contributed by atoms with Crippen molar-refractivity contribution in [1.82, 2.24) is 5.32 Å². The normalized spacial score (nSPS) is 12.8. The lowest BCUT2D eigenvalue weighted by atomic mass is 10.1. The molecule has 0 heterocycles. The lowest BCUT2D eigenvalue weighted by Crippen LogP contribution is -2.27. The first-order valence-electron chi connectivity index (χ1n) is 5.84. The monoisotopic (exact) mass is 243 g/mol. The van der Waals surface area contributed by atoms with Gasteiger partial charge in [0, 0.05) is 12.6 Å². The van der Waals surface area contributed by atoms with E-state index < -0.39 is 0 Å². The third-order valence-corrected chi connectivity index (χ3v) is 3.00. The minimum atomic E-state index is -0.356. The predicted molar refractivity (Wildman–Crippen MR) is 67.2 cm³/mol. The fourth-order valence-electron chi connectivity index (χ4n) is 1.71. The molecule has 0 saturated heterocycles. The van der Waals surface area contributed by atoms with E-state index >= 15 is 0 Å². The summed E-state index contributed by atoms with van der Waals surface area (Å²) < 4.78 is 12.9. The summed E-state index contributed by atoms with van der Waals surface area (Å²) in [6, 6.07) is 5.41. The molecule has 1 nitrogen and oxygen atoms in total. The van der Waals surface area contributed by atoms with Crippen LogP contribution in [0.4, 0.5) is 4.39 Å². The van der Waals surface area contributed by atoms with Crippen molar-refractivity contribution in [3.63, 3.8) is 0 Å². The van der Waals surface area contributed by atoms with E-state index in [9.17, 15) is 4.39 Å². The van der Waals surface area contributed by atoms with Gasteiger partial charge in [-0.1, -0.05) is 37.9 Å². The zero-order valence-corrected chi connectivity index (χ0v) is 10.6. The summed E-state index contributed by atoms with van der Waals surface area (Å²) in [7, 11) is 0. The predicted octanol–water partition coefficient (Wildman–Crippen LogP) is 4.15. The lowest BCUT2D eigenvalue weighted by Gasteiger charge is -2.16. The van der Waals surface area contributed by atoms with Gasteiger partial charge in [0.25, 0.3) is 0 Å². The third kappa shape index (κ3) is 4.11. The average molecular weight is 244 g/mol. The molecule has 3 heteroatoms.